The number of carbonyl (C=O) groups excluding carboxylic acids is 1. The number of hydrogen-bond donors (Lipinski definition) is 1. The Morgan fingerprint density at radius 1 is 1.36 bits per heavy atom. The van der Waals surface area contributed by atoms with Gasteiger partial charge in [-0.05, 0) is 32.9 Å². The Morgan fingerprint density at radius 3 is 2.91 bits per heavy atom. The van der Waals surface area contributed by atoms with E-state index in [0.29, 0.717) is 12.3 Å². The molecule has 3 aromatic heterocycles. The second-order valence-electron chi connectivity index (χ2n) is 5.29. The van der Waals surface area contributed by atoms with Gasteiger partial charge in [-0.1, -0.05) is 0 Å². The molecule has 0 radical (unpaired) electrons. The number of rotatable bonds is 4. The largest absolute Gasteiger partial charge is 0.345 e. The van der Waals surface area contributed by atoms with Gasteiger partial charge in [-0.3, -0.25) is 9.48 Å². The molecule has 0 aliphatic carbocycles. The Hall–Kier alpha value is -2.77. The monoisotopic (exact) mass is 299 g/mol. The van der Waals surface area contributed by atoms with E-state index in [1.165, 1.54) is 0 Å². The Morgan fingerprint density at radius 2 is 2.18 bits per heavy atom. The van der Waals surface area contributed by atoms with Gasteiger partial charge in [-0.2, -0.15) is 10.1 Å². The number of aromatic nitrogens is 6. The van der Waals surface area contributed by atoms with Crippen molar-refractivity contribution in [3.8, 4) is 0 Å². The van der Waals surface area contributed by atoms with Gasteiger partial charge in [0.2, 0.25) is 5.82 Å². The topological polar surface area (TPSA) is 90.0 Å². The van der Waals surface area contributed by atoms with Crippen LogP contribution < -0.4 is 5.32 Å². The Kier molecular flexibility index (Phi) is 3.58. The maximum absolute atomic E-state index is 12.2. The van der Waals surface area contributed by atoms with E-state index in [-0.39, 0.29) is 17.8 Å². The van der Waals surface area contributed by atoms with Crippen molar-refractivity contribution in [3.63, 3.8) is 0 Å². The van der Waals surface area contributed by atoms with Crippen molar-refractivity contribution in [3.05, 3.63) is 41.7 Å². The lowest BCUT2D eigenvalue weighted by molar-refractivity contribution is 0.0925. The smallest absolute Gasteiger partial charge is 0.291 e. The molecule has 0 aromatic carbocycles. The minimum atomic E-state index is -0.317. The molecule has 0 unspecified atom stereocenters. The molecular weight excluding hydrogens is 282 g/mol. The first-order valence-electron chi connectivity index (χ1n) is 7.02. The lowest BCUT2D eigenvalue weighted by Gasteiger charge is -2.12. The molecular formula is C14H17N7O. The summed E-state index contributed by atoms with van der Waals surface area (Å²) in [5.41, 5.74) is 1.73. The molecule has 1 N–H and O–H groups in total. The summed E-state index contributed by atoms with van der Waals surface area (Å²) in [5.74, 6) is 0.234. The summed E-state index contributed by atoms with van der Waals surface area (Å²) in [6.45, 7) is 6.28. The van der Waals surface area contributed by atoms with Gasteiger partial charge in [0.05, 0.1) is 6.54 Å². The third-order valence-electron chi connectivity index (χ3n) is 3.22. The molecule has 1 amide bonds. The molecule has 0 spiro atoms. The van der Waals surface area contributed by atoms with Crippen LogP contribution in [0.4, 0.5) is 0 Å². The van der Waals surface area contributed by atoms with Crippen LogP contribution in [0.2, 0.25) is 0 Å². The van der Waals surface area contributed by atoms with Crippen molar-refractivity contribution < 1.29 is 4.79 Å². The van der Waals surface area contributed by atoms with Gasteiger partial charge in [0.15, 0.2) is 0 Å². The van der Waals surface area contributed by atoms with E-state index in [0.717, 1.165) is 11.4 Å². The van der Waals surface area contributed by atoms with Crippen molar-refractivity contribution in [1.82, 2.24) is 34.7 Å². The van der Waals surface area contributed by atoms with Gasteiger partial charge in [-0.25, -0.2) is 9.50 Å². The van der Waals surface area contributed by atoms with Crippen LogP contribution in [0.15, 0.2) is 24.5 Å². The first-order valence-corrected chi connectivity index (χ1v) is 7.02. The predicted molar refractivity (Wildman–Crippen MR) is 79.4 cm³/mol. The van der Waals surface area contributed by atoms with E-state index in [9.17, 15) is 4.79 Å². The number of nitrogens with zero attached hydrogens (tertiary/aromatic N) is 6. The van der Waals surface area contributed by atoms with Crippen molar-refractivity contribution >= 4 is 11.7 Å². The first kappa shape index (κ1) is 14.2. The number of nitrogens with one attached hydrogen (secondary N) is 1. The zero-order valence-corrected chi connectivity index (χ0v) is 12.7. The molecule has 114 valence electrons. The quantitative estimate of drug-likeness (QED) is 0.768. The minimum Gasteiger partial charge on any atom is -0.345 e. The van der Waals surface area contributed by atoms with Gasteiger partial charge < -0.3 is 5.32 Å². The lowest BCUT2D eigenvalue weighted by atomic mass is 10.3. The summed E-state index contributed by atoms with van der Waals surface area (Å²) in [4.78, 5) is 20.7. The van der Waals surface area contributed by atoms with Gasteiger partial charge in [-0.15, -0.1) is 5.10 Å². The molecule has 3 heterocycles. The number of aryl methyl sites for hydroxylation is 2. The first-order chi connectivity index (χ1) is 10.5. The summed E-state index contributed by atoms with van der Waals surface area (Å²) in [7, 11) is 0. The highest BCUT2D eigenvalue weighted by Crippen LogP contribution is 2.05. The highest BCUT2D eigenvalue weighted by atomic mass is 16.2. The fourth-order valence-electron chi connectivity index (χ4n) is 2.29. The molecule has 0 saturated heterocycles. The summed E-state index contributed by atoms with van der Waals surface area (Å²) in [6.07, 6.45) is 3.55. The van der Waals surface area contributed by atoms with Crippen LogP contribution >= 0.6 is 0 Å². The SMILES string of the molecule is Cc1cc(C)n2nc(C(=O)N[C@@H](C)Cn3cccn3)nc2n1. The second kappa shape index (κ2) is 5.55. The minimum absolute atomic E-state index is 0.0881. The normalized spacial score (nSPS) is 12.5. The molecule has 0 saturated carbocycles. The molecule has 0 aliphatic heterocycles. The fraction of sp³-hybridized carbons (Fsp3) is 0.357. The number of carbonyl (C=O) groups is 1. The van der Waals surface area contributed by atoms with Gasteiger partial charge in [0.1, 0.15) is 0 Å². The van der Waals surface area contributed by atoms with Crippen LogP contribution in [-0.4, -0.2) is 41.3 Å². The van der Waals surface area contributed by atoms with Gasteiger partial charge in [0, 0.05) is 29.8 Å². The molecule has 1 atom stereocenters. The van der Waals surface area contributed by atoms with E-state index in [1.807, 2.05) is 39.1 Å². The third-order valence-corrected chi connectivity index (χ3v) is 3.22. The highest BCUT2D eigenvalue weighted by Gasteiger charge is 2.17. The molecule has 8 heteroatoms. The van der Waals surface area contributed by atoms with E-state index < -0.39 is 0 Å². The molecule has 0 bridgehead atoms. The van der Waals surface area contributed by atoms with Crippen LogP contribution in [0.1, 0.15) is 28.9 Å². The van der Waals surface area contributed by atoms with Crippen LogP contribution in [0, 0.1) is 13.8 Å². The maximum atomic E-state index is 12.2. The van der Waals surface area contributed by atoms with E-state index in [1.54, 1.807) is 15.4 Å². The molecule has 0 fully saturated rings. The number of hydrogen-bond acceptors (Lipinski definition) is 5. The standard InChI is InChI=1S/C14H17N7O/c1-9-7-11(3)21-14(17-9)18-12(19-21)13(22)16-10(2)8-20-6-4-5-15-20/h4-7,10H,8H2,1-3H3,(H,16,22)/t10-/m0/s1. The summed E-state index contributed by atoms with van der Waals surface area (Å²) < 4.78 is 3.33. The van der Waals surface area contributed by atoms with Crippen LogP contribution in [0.25, 0.3) is 5.78 Å². The van der Waals surface area contributed by atoms with Crippen molar-refractivity contribution in [2.45, 2.75) is 33.4 Å². The van der Waals surface area contributed by atoms with Crippen molar-refractivity contribution in [2.75, 3.05) is 0 Å². The predicted octanol–water partition coefficient (Wildman–Crippen LogP) is 0.756. The molecule has 22 heavy (non-hydrogen) atoms. The Balaban J connectivity index is 1.76. The van der Waals surface area contributed by atoms with Gasteiger partial charge in [0.25, 0.3) is 11.7 Å². The average Bonchev–Trinajstić information content (AvgIpc) is 3.07. The average molecular weight is 299 g/mol. The summed E-state index contributed by atoms with van der Waals surface area (Å²) >= 11 is 0. The Labute approximate surface area is 127 Å². The maximum Gasteiger partial charge on any atom is 0.291 e. The summed E-state index contributed by atoms with van der Waals surface area (Å²) in [5, 5.41) is 11.2. The number of fused-ring (bicyclic) bond motifs is 1. The molecule has 0 aliphatic rings. The highest BCUT2D eigenvalue weighted by molar-refractivity contribution is 5.91. The van der Waals surface area contributed by atoms with E-state index in [2.05, 4.69) is 25.5 Å². The fourth-order valence-corrected chi connectivity index (χ4v) is 2.29. The molecule has 3 rings (SSSR count). The third kappa shape index (κ3) is 2.80. The van der Waals surface area contributed by atoms with Crippen LogP contribution in [0.3, 0.4) is 0 Å². The molecule has 3 aromatic rings. The molecule has 8 nitrogen and oxygen atoms in total. The van der Waals surface area contributed by atoms with E-state index >= 15 is 0 Å². The number of amides is 1. The lowest BCUT2D eigenvalue weighted by Crippen LogP contribution is -2.36. The zero-order chi connectivity index (χ0) is 15.7. The zero-order valence-electron chi connectivity index (χ0n) is 12.7. The van der Waals surface area contributed by atoms with Crippen LogP contribution in [0.5, 0.6) is 0 Å². The Bertz CT molecular complexity index is 806. The van der Waals surface area contributed by atoms with Gasteiger partial charge >= 0.3 is 0 Å². The van der Waals surface area contributed by atoms with Crippen LogP contribution in [-0.2, 0) is 6.54 Å². The van der Waals surface area contributed by atoms with Crippen molar-refractivity contribution in [1.29, 1.82) is 0 Å². The van der Waals surface area contributed by atoms with Crippen molar-refractivity contribution in [2.24, 2.45) is 0 Å². The summed E-state index contributed by atoms with van der Waals surface area (Å²) in [6, 6.07) is 3.65. The second-order valence-corrected chi connectivity index (χ2v) is 5.29. The van der Waals surface area contributed by atoms with E-state index in [4.69, 9.17) is 0 Å².